The van der Waals surface area contributed by atoms with E-state index in [2.05, 4.69) is 10.2 Å². The molecular formula is C23H25ClN2O6. The molecule has 0 bridgehead atoms. The van der Waals surface area contributed by atoms with E-state index in [1.165, 1.54) is 12.1 Å². The standard InChI is InChI=1S/C23H25ClN2O6/c24-19-12-17(13-20-22(19)31-9-1-8-30-20)23(28)32-15-21(27)25-18-4-2-16(3-5-18)14-26-6-10-29-11-7-26/h2-5,12-13H,1,6-11,14-15H2,(H,25,27). The molecule has 2 aliphatic rings. The molecule has 0 spiro atoms. The Labute approximate surface area is 191 Å². The van der Waals surface area contributed by atoms with Gasteiger partial charge in [0.1, 0.15) is 0 Å². The van der Waals surface area contributed by atoms with Gasteiger partial charge in [0.2, 0.25) is 0 Å². The fourth-order valence-corrected chi connectivity index (χ4v) is 3.74. The predicted molar refractivity (Wildman–Crippen MR) is 119 cm³/mol. The molecule has 1 saturated heterocycles. The number of amides is 1. The van der Waals surface area contributed by atoms with E-state index in [4.69, 9.17) is 30.5 Å². The lowest BCUT2D eigenvalue weighted by molar-refractivity contribution is -0.119. The van der Waals surface area contributed by atoms with Gasteiger partial charge in [-0.3, -0.25) is 9.69 Å². The van der Waals surface area contributed by atoms with E-state index < -0.39 is 18.5 Å². The van der Waals surface area contributed by atoms with Gasteiger partial charge in [-0.25, -0.2) is 4.79 Å². The maximum absolute atomic E-state index is 12.4. The monoisotopic (exact) mass is 460 g/mol. The Morgan fingerprint density at radius 2 is 1.78 bits per heavy atom. The van der Waals surface area contributed by atoms with E-state index in [-0.39, 0.29) is 10.6 Å². The highest BCUT2D eigenvalue weighted by atomic mass is 35.5. The van der Waals surface area contributed by atoms with Gasteiger partial charge in [-0.05, 0) is 29.8 Å². The summed E-state index contributed by atoms with van der Waals surface area (Å²) in [5, 5.41) is 2.99. The van der Waals surface area contributed by atoms with Crippen molar-refractivity contribution in [3.05, 3.63) is 52.5 Å². The summed E-state index contributed by atoms with van der Waals surface area (Å²) < 4.78 is 21.6. The second-order valence-corrected chi connectivity index (χ2v) is 7.95. The molecule has 0 saturated carbocycles. The third-order valence-corrected chi connectivity index (χ3v) is 5.40. The lowest BCUT2D eigenvalue weighted by Crippen LogP contribution is -2.35. The third kappa shape index (κ3) is 5.91. The average molecular weight is 461 g/mol. The Hall–Kier alpha value is -2.81. The van der Waals surface area contributed by atoms with Gasteiger partial charge in [0.25, 0.3) is 5.91 Å². The van der Waals surface area contributed by atoms with E-state index >= 15 is 0 Å². The largest absolute Gasteiger partial charge is 0.489 e. The zero-order chi connectivity index (χ0) is 22.3. The first-order valence-electron chi connectivity index (χ1n) is 10.5. The maximum atomic E-state index is 12.4. The summed E-state index contributed by atoms with van der Waals surface area (Å²) >= 11 is 6.21. The van der Waals surface area contributed by atoms with Gasteiger partial charge in [-0.2, -0.15) is 0 Å². The van der Waals surface area contributed by atoms with Gasteiger partial charge in [-0.15, -0.1) is 0 Å². The number of rotatable bonds is 6. The maximum Gasteiger partial charge on any atom is 0.338 e. The zero-order valence-electron chi connectivity index (χ0n) is 17.6. The van der Waals surface area contributed by atoms with Crippen molar-refractivity contribution in [1.29, 1.82) is 0 Å². The van der Waals surface area contributed by atoms with E-state index in [0.29, 0.717) is 30.4 Å². The number of carbonyl (C=O) groups excluding carboxylic acids is 2. The Morgan fingerprint density at radius 1 is 1.03 bits per heavy atom. The van der Waals surface area contributed by atoms with Crippen molar-refractivity contribution in [3.63, 3.8) is 0 Å². The number of nitrogens with zero attached hydrogens (tertiary/aromatic N) is 1. The molecule has 9 heteroatoms. The van der Waals surface area contributed by atoms with E-state index in [9.17, 15) is 9.59 Å². The molecule has 1 fully saturated rings. The van der Waals surface area contributed by atoms with Crippen LogP contribution in [-0.2, 0) is 20.8 Å². The molecular weight excluding hydrogens is 436 g/mol. The van der Waals surface area contributed by atoms with Crippen LogP contribution in [0.25, 0.3) is 0 Å². The summed E-state index contributed by atoms with van der Waals surface area (Å²) in [7, 11) is 0. The predicted octanol–water partition coefficient (Wildman–Crippen LogP) is 3.13. The van der Waals surface area contributed by atoms with Crippen LogP contribution >= 0.6 is 11.6 Å². The van der Waals surface area contributed by atoms with E-state index in [1.807, 2.05) is 24.3 Å². The van der Waals surface area contributed by atoms with Crippen LogP contribution in [0.2, 0.25) is 5.02 Å². The van der Waals surface area contributed by atoms with Crippen molar-refractivity contribution < 1.29 is 28.5 Å². The molecule has 0 atom stereocenters. The van der Waals surface area contributed by atoms with Crippen LogP contribution in [0.15, 0.2) is 36.4 Å². The smallest absolute Gasteiger partial charge is 0.338 e. The number of hydrogen-bond acceptors (Lipinski definition) is 7. The van der Waals surface area contributed by atoms with E-state index in [0.717, 1.165) is 44.8 Å². The number of benzene rings is 2. The number of halogens is 1. The van der Waals surface area contributed by atoms with Crippen LogP contribution in [0, 0.1) is 0 Å². The van der Waals surface area contributed by atoms with Gasteiger partial charge in [0, 0.05) is 31.7 Å². The molecule has 1 amide bonds. The number of morpholine rings is 1. The molecule has 170 valence electrons. The second-order valence-electron chi connectivity index (χ2n) is 7.55. The summed E-state index contributed by atoms with van der Waals surface area (Å²) in [4.78, 5) is 26.9. The lowest BCUT2D eigenvalue weighted by atomic mass is 10.2. The Kier molecular flexibility index (Phi) is 7.47. The van der Waals surface area contributed by atoms with Gasteiger partial charge in [0.05, 0.1) is 37.0 Å². The highest BCUT2D eigenvalue weighted by molar-refractivity contribution is 6.32. The molecule has 4 rings (SSSR count). The van der Waals surface area contributed by atoms with Crippen LogP contribution in [0.1, 0.15) is 22.3 Å². The lowest BCUT2D eigenvalue weighted by Gasteiger charge is -2.26. The Bertz CT molecular complexity index is 960. The van der Waals surface area contributed by atoms with Gasteiger partial charge in [0.15, 0.2) is 18.1 Å². The number of ether oxygens (including phenoxy) is 4. The highest BCUT2D eigenvalue weighted by Crippen LogP contribution is 2.38. The van der Waals surface area contributed by atoms with Crippen LogP contribution in [-0.4, -0.2) is 62.9 Å². The first-order valence-corrected chi connectivity index (χ1v) is 10.9. The van der Waals surface area contributed by atoms with Crippen molar-refractivity contribution in [1.82, 2.24) is 4.90 Å². The molecule has 0 radical (unpaired) electrons. The number of nitrogens with one attached hydrogen (secondary N) is 1. The molecule has 32 heavy (non-hydrogen) atoms. The molecule has 2 aromatic rings. The van der Waals surface area contributed by atoms with Crippen molar-refractivity contribution >= 4 is 29.2 Å². The van der Waals surface area contributed by atoms with Gasteiger partial charge < -0.3 is 24.3 Å². The molecule has 0 aliphatic carbocycles. The number of fused-ring (bicyclic) bond motifs is 1. The summed E-state index contributed by atoms with van der Waals surface area (Å²) in [6.45, 7) is 4.72. The van der Waals surface area contributed by atoms with Crippen LogP contribution in [0.4, 0.5) is 5.69 Å². The minimum atomic E-state index is -0.668. The Morgan fingerprint density at radius 3 is 2.56 bits per heavy atom. The third-order valence-electron chi connectivity index (χ3n) is 5.12. The van der Waals surface area contributed by atoms with Gasteiger partial charge >= 0.3 is 5.97 Å². The average Bonchev–Trinajstić information content (AvgIpc) is 3.05. The van der Waals surface area contributed by atoms with Gasteiger partial charge in [-0.1, -0.05) is 23.7 Å². The number of hydrogen-bond donors (Lipinski definition) is 1. The first kappa shape index (κ1) is 22.4. The quantitative estimate of drug-likeness (QED) is 0.663. The normalized spacial score (nSPS) is 16.2. The minimum absolute atomic E-state index is 0.194. The van der Waals surface area contributed by atoms with Crippen molar-refractivity contribution in [2.75, 3.05) is 51.4 Å². The minimum Gasteiger partial charge on any atom is -0.489 e. The molecule has 1 N–H and O–H groups in total. The summed E-state index contributed by atoms with van der Waals surface area (Å²) in [5.74, 6) is -0.294. The number of anilines is 1. The molecule has 2 aromatic carbocycles. The molecule has 0 aromatic heterocycles. The second kappa shape index (κ2) is 10.7. The molecule has 8 nitrogen and oxygen atoms in total. The number of esters is 1. The van der Waals surface area contributed by atoms with Crippen LogP contribution < -0.4 is 14.8 Å². The first-order chi connectivity index (χ1) is 15.6. The fourth-order valence-electron chi connectivity index (χ4n) is 3.47. The molecule has 2 heterocycles. The SMILES string of the molecule is O=C(COC(=O)c1cc(Cl)c2c(c1)OCCCO2)Nc1ccc(CN2CCOCC2)cc1. The molecule has 2 aliphatic heterocycles. The topological polar surface area (TPSA) is 86.3 Å². The van der Waals surface area contributed by atoms with Crippen LogP contribution in [0.3, 0.4) is 0 Å². The van der Waals surface area contributed by atoms with Crippen LogP contribution in [0.5, 0.6) is 11.5 Å². The van der Waals surface area contributed by atoms with Crippen molar-refractivity contribution in [3.8, 4) is 11.5 Å². The number of carbonyl (C=O) groups is 2. The summed E-state index contributed by atoms with van der Waals surface area (Å²) in [6.07, 6.45) is 0.721. The van der Waals surface area contributed by atoms with Crippen molar-refractivity contribution in [2.24, 2.45) is 0 Å². The highest BCUT2D eigenvalue weighted by Gasteiger charge is 2.20. The van der Waals surface area contributed by atoms with Crippen molar-refractivity contribution in [2.45, 2.75) is 13.0 Å². The zero-order valence-corrected chi connectivity index (χ0v) is 18.4. The summed E-state index contributed by atoms with van der Waals surface area (Å²) in [6, 6.07) is 10.6. The Balaban J connectivity index is 1.28. The summed E-state index contributed by atoms with van der Waals surface area (Å²) in [5.41, 5.74) is 1.98. The fraction of sp³-hybridized carbons (Fsp3) is 0.391. The molecule has 0 unspecified atom stereocenters. The van der Waals surface area contributed by atoms with E-state index in [1.54, 1.807) is 0 Å².